The Morgan fingerprint density at radius 1 is 1.91 bits per heavy atom. The summed E-state index contributed by atoms with van der Waals surface area (Å²) in [6.07, 6.45) is 2.87. The predicted octanol–water partition coefficient (Wildman–Crippen LogP) is 1.82. The van der Waals surface area contributed by atoms with Gasteiger partial charge in [-0.1, -0.05) is 11.6 Å². The molecule has 0 atom stereocenters. The molecule has 1 heterocycles. The first-order chi connectivity index (χ1) is 5.25. The SMILES string of the molecule is Cc1[nH]ncc1/C(Cl)=C/C#N. The first-order valence-corrected chi connectivity index (χ1v) is 3.39. The van der Waals surface area contributed by atoms with Crippen molar-refractivity contribution in [3.05, 3.63) is 23.5 Å². The Balaban J connectivity index is 3.04. The van der Waals surface area contributed by atoms with E-state index in [1.807, 2.05) is 13.0 Å². The maximum Gasteiger partial charge on any atom is 0.0927 e. The number of H-pyrrole nitrogens is 1. The van der Waals surface area contributed by atoms with E-state index >= 15 is 0 Å². The van der Waals surface area contributed by atoms with Gasteiger partial charge in [0.15, 0.2) is 0 Å². The number of hydrogen-bond donors (Lipinski definition) is 1. The van der Waals surface area contributed by atoms with Crippen LogP contribution in [0.1, 0.15) is 11.3 Å². The maximum atomic E-state index is 8.28. The molecule has 1 N–H and O–H groups in total. The highest BCUT2D eigenvalue weighted by Crippen LogP contribution is 2.19. The molecular weight excluding hydrogens is 162 g/mol. The summed E-state index contributed by atoms with van der Waals surface area (Å²) in [7, 11) is 0. The van der Waals surface area contributed by atoms with Gasteiger partial charge in [-0.15, -0.1) is 0 Å². The lowest BCUT2D eigenvalue weighted by Crippen LogP contribution is -1.77. The zero-order valence-corrected chi connectivity index (χ0v) is 6.68. The molecule has 0 bridgehead atoms. The van der Waals surface area contributed by atoms with Crippen molar-refractivity contribution in [1.82, 2.24) is 10.2 Å². The smallest absolute Gasteiger partial charge is 0.0927 e. The van der Waals surface area contributed by atoms with E-state index in [2.05, 4.69) is 10.2 Å². The highest BCUT2D eigenvalue weighted by atomic mass is 35.5. The predicted molar refractivity (Wildman–Crippen MR) is 42.8 cm³/mol. The Hall–Kier alpha value is -1.27. The standard InChI is InChI=1S/C7H6ClN3/c1-5-6(4-10-11-5)7(8)2-3-9/h2,4H,1H3,(H,10,11)/b7-2-. The Morgan fingerprint density at radius 3 is 3.09 bits per heavy atom. The maximum absolute atomic E-state index is 8.28. The number of halogens is 1. The lowest BCUT2D eigenvalue weighted by atomic mass is 10.2. The average molecular weight is 168 g/mol. The van der Waals surface area contributed by atoms with Crippen molar-refractivity contribution in [3.8, 4) is 6.07 Å². The van der Waals surface area contributed by atoms with Gasteiger partial charge < -0.3 is 0 Å². The molecule has 0 saturated heterocycles. The van der Waals surface area contributed by atoms with Gasteiger partial charge in [0.1, 0.15) is 0 Å². The molecule has 0 spiro atoms. The van der Waals surface area contributed by atoms with Crippen LogP contribution in [0.5, 0.6) is 0 Å². The number of aromatic nitrogens is 2. The first-order valence-electron chi connectivity index (χ1n) is 3.01. The van der Waals surface area contributed by atoms with Crippen LogP contribution >= 0.6 is 11.6 Å². The van der Waals surface area contributed by atoms with Crippen molar-refractivity contribution in [2.24, 2.45) is 0 Å². The molecule has 0 saturated carbocycles. The molecule has 0 fully saturated rings. The molecule has 0 unspecified atom stereocenters. The van der Waals surface area contributed by atoms with Crippen molar-refractivity contribution in [2.75, 3.05) is 0 Å². The van der Waals surface area contributed by atoms with Crippen LogP contribution in [0.25, 0.3) is 5.03 Å². The average Bonchev–Trinajstić information content (AvgIpc) is 2.36. The highest BCUT2D eigenvalue weighted by molar-refractivity contribution is 6.49. The van der Waals surface area contributed by atoms with E-state index in [9.17, 15) is 0 Å². The van der Waals surface area contributed by atoms with Gasteiger partial charge in [0.05, 0.1) is 17.3 Å². The second-order valence-corrected chi connectivity index (χ2v) is 2.44. The van der Waals surface area contributed by atoms with E-state index in [-0.39, 0.29) is 0 Å². The molecule has 1 aromatic heterocycles. The third kappa shape index (κ3) is 1.60. The minimum absolute atomic E-state index is 0.416. The van der Waals surface area contributed by atoms with Crippen LogP contribution in [0, 0.1) is 18.3 Å². The monoisotopic (exact) mass is 167 g/mol. The van der Waals surface area contributed by atoms with Crippen molar-refractivity contribution in [2.45, 2.75) is 6.92 Å². The minimum Gasteiger partial charge on any atom is -0.282 e. The number of hydrogen-bond acceptors (Lipinski definition) is 2. The van der Waals surface area contributed by atoms with Crippen LogP contribution in [-0.4, -0.2) is 10.2 Å². The molecular formula is C7H6ClN3. The molecule has 0 aliphatic heterocycles. The van der Waals surface area contributed by atoms with Crippen molar-refractivity contribution in [1.29, 1.82) is 5.26 Å². The number of nitrogens with one attached hydrogen (secondary N) is 1. The number of rotatable bonds is 1. The fourth-order valence-electron chi connectivity index (χ4n) is 0.726. The fourth-order valence-corrected chi connectivity index (χ4v) is 0.965. The van der Waals surface area contributed by atoms with Gasteiger partial charge >= 0.3 is 0 Å². The number of allylic oxidation sites excluding steroid dienone is 1. The molecule has 0 radical (unpaired) electrons. The number of nitriles is 1. The number of aryl methyl sites for hydroxylation is 1. The van der Waals surface area contributed by atoms with E-state index in [0.29, 0.717) is 5.03 Å². The van der Waals surface area contributed by atoms with E-state index in [1.54, 1.807) is 6.20 Å². The summed E-state index contributed by atoms with van der Waals surface area (Å²) in [5, 5.41) is 15.2. The third-order valence-electron chi connectivity index (χ3n) is 1.28. The van der Waals surface area contributed by atoms with Crippen LogP contribution in [0.4, 0.5) is 0 Å². The summed E-state index contributed by atoms with van der Waals surface area (Å²) in [5.74, 6) is 0. The minimum atomic E-state index is 0.416. The van der Waals surface area contributed by atoms with Gasteiger partial charge in [0.25, 0.3) is 0 Å². The second kappa shape index (κ2) is 3.22. The third-order valence-corrected chi connectivity index (χ3v) is 1.59. The normalized spacial score (nSPS) is 11.2. The van der Waals surface area contributed by atoms with Crippen LogP contribution in [0.15, 0.2) is 12.3 Å². The van der Waals surface area contributed by atoms with Crippen molar-refractivity contribution >= 4 is 16.6 Å². The Kier molecular flexibility index (Phi) is 2.29. The Morgan fingerprint density at radius 2 is 2.64 bits per heavy atom. The van der Waals surface area contributed by atoms with Crippen LogP contribution in [0.3, 0.4) is 0 Å². The number of nitrogens with zero attached hydrogens (tertiary/aromatic N) is 2. The van der Waals surface area contributed by atoms with Gasteiger partial charge in [-0.3, -0.25) is 5.10 Å². The summed E-state index contributed by atoms with van der Waals surface area (Å²) in [6.45, 7) is 1.84. The quantitative estimate of drug-likeness (QED) is 0.649. The summed E-state index contributed by atoms with van der Waals surface area (Å²) in [5.41, 5.74) is 1.63. The summed E-state index contributed by atoms with van der Waals surface area (Å²) in [6, 6.07) is 1.85. The van der Waals surface area contributed by atoms with Crippen molar-refractivity contribution < 1.29 is 0 Å². The van der Waals surface area contributed by atoms with Gasteiger partial charge in [-0.25, -0.2) is 0 Å². The Labute approximate surface area is 69.3 Å². The highest BCUT2D eigenvalue weighted by Gasteiger charge is 2.02. The van der Waals surface area contributed by atoms with Crippen molar-refractivity contribution in [3.63, 3.8) is 0 Å². The molecule has 11 heavy (non-hydrogen) atoms. The molecule has 3 nitrogen and oxygen atoms in total. The number of aromatic amines is 1. The molecule has 1 rings (SSSR count). The van der Waals surface area contributed by atoms with Gasteiger partial charge in [0.2, 0.25) is 0 Å². The van der Waals surface area contributed by atoms with E-state index < -0.39 is 0 Å². The first kappa shape index (κ1) is 7.83. The Bertz CT molecular complexity index is 319. The lowest BCUT2D eigenvalue weighted by Gasteiger charge is -1.91. The molecule has 56 valence electrons. The molecule has 1 aromatic rings. The van der Waals surface area contributed by atoms with Gasteiger partial charge in [0, 0.05) is 17.3 Å². The van der Waals surface area contributed by atoms with Gasteiger partial charge in [-0.2, -0.15) is 10.4 Å². The van der Waals surface area contributed by atoms with Gasteiger partial charge in [-0.05, 0) is 6.92 Å². The molecule has 0 aliphatic rings. The van der Waals surface area contributed by atoms with E-state index in [4.69, 9.17) is 16.9 Å². The summed E-state index contributed by atoms with van der Waals surface area (Å²) < 4.78 is 0. The van der Waals surface area contributed by atoms with Crippen LogP contribution in [0.2, 0.25) is 0 Å². The zero-order chi connectivity index (χ0) is 8.27. The zero-order valence-electron chi connectivity index (χ0n) is 5.93. The summed E-state index contributed by atoms with van der Waals surface area (Å²) in [4.78, 5) is 0. The fraction of sp³-hybridized carbons (Fsp3) is 0.143. The van der Waals surface area contributed by atoms with Crippen LogP contribution < -0.4 is 0 Å². The topological polar surface area (TPSA) is 52.5 Å². The van der Waals surface area contributed by atoms with E-state index in [1.165, 1.54) is 6.08 Å². The second-order valence-electron chi connectivity index (χ2n) is 2.03. The summed E-state index contributed by atoms with van der Waals surface area (Å²) >= 11 is 5.73. The largest absolute Gasteiger partial charge is 0.282 e. The van der Waals surface area contributed by atoms with Crippen LogP contribution in [-0.2, 0) is 0 Å². The molecule has 0 aliphatic carbocycles. The molecule has 4 heteroatoms. The molecule has 0 aromatic carbocycles. The molecule has 0 amide bonds. The lowest BCUT2D eigenvalue weighted by molar-refractivity contribution is 1.05. The van der Waals surface area contributed by atoms with E-state index in [0.717, 1.165) is 11.3 Å².